The number of rotatable bonds is 1. The summed E-state index contributed by atoms with van der Waals surface area (Å²) in [6.45, 7) is 2.23. The average Bonchev–Trinajstić information content (AvgIpc) is 2.20. The van der Waals surface area contributed by atoms with Gasteiger partial charge in [0.1, 0.15) is 0 Å². The molecule has 2 aliphatic rings. The summed E-state index contributed by atoms with van der Waals surface area (Å²) in [5.41, 5.74) is 5.98. The van der Waals surface area contributed by atoms with Crippen LogP contribution in [-0.2, 0) is 0 Å². The molecular formula is C10H17N3. The Bertz CT molecular complexity index is 216. The fraction of sp³-hybridized carbons (Fsp3) is 0.600. The predicted molar refractivity (Wildman–Crippen MR) is 54.0 cm³/mol. The van der Waals surface area contributed by atoms with Gasteiger partial charge in [0, 0.05) is 12.2 Å². The molecule has 2 heterocycles. The van der Waals surface area contributed by atoms with Crippen molar-refractivity contribution < 1.29 is 0 Å². The molecule has 3 nitrogen and oxygen atoms in total. The maximum atomic E-state index is 5.98. The van der Waals surface area contributed by atoms with Crippen LogP contribution in [0.4, 0.5) is 0 Å². The summed E-state index contributed by atoms with van der Waals surface area (Å²) in [4.78, 5) is 2.26. The third kappa shape index (κ3) is 1.92. The second-order valence-electron chi connectivity index (χ2n) is 3.65. The van der Waals surface area contributed by atoms with Crippen molar-refractivity contribution in [3.05, 3.63) is 24.4 Å². The van der Waals surface area contributed by atoms with E-state index in [0.29, 0.717) is 6.04 Å². The lowest BCUT2D eigenvalue weighted by atomic mass is 10.0. The molecule has 0 aromatic rings. The molecule has 0 aliphatic carbocycles. The third-order valence-electron chi connectivity index (χ3n) is 2.75. The van der Waals surface area contributed by atoms with Crippen LogP contribution < -0.4 is 11.1 Å². The second-order valence-corrected chi connectivity index (χ2v) is 3.65. The molecule has 0 bridgehead atoms. The monoisotopic (exact) mass is 179 g/mol. The van der Waals surface area contributed by atoms with Gasteiger partial charge in [0.25, 0.3) is 0 Å². The van der Waals surface area contributed by atoms with E-state index in [2.05, 4.69) is 22.5 Å². The minimum absolute atomic E-state index is 0.0769. The Morgan fingerprint density at radius 2 is 2.00 bits per heavy atom. The molecule has 0 spiro atoms. The molecule has 3 heteroatoms. The Morgan fingerprint density at radius 3 is 2.69 bits per heavy atom. The highest BCUT2D eigenvalue weighted by Crippen LogP contribution is 2.16. The smallest absolute Gasteiger partial charge is 0.0962 e. The van der Waals surface area contributed by atoms with Gasteiger partial charge in [-0.2, -0.15) is 0 Å². The topological polar surface area (TPSA) is 41.3 Å². The van der Waals surface area contributed by atoms with E-state index in [9.17, 15) is 0 Å². The van der Waals surface area contributed by atoms with Gasteiger partial charge in [-0.05, 0) is 38.1 Å². The fourth-order valence-electron chi connectivity index (χ4n) is 2.00. The van der Waals surface area contributed by atoms with E-state index < -0.39 is 0 Å². The maximum absolute atomic E-state index is 5.98. The Balaban J connectivity index is 1.98. The summed E-state index contributed by atoms with van der Waals surface area (Å²) < 4.78 is 0. The van der Waals surface area contributed by atoms with E-state index in [1.54, 1.807) is 0 Å². The SMILES string of the molecule is NC1C=CC=CN1C1CCNCC1. The normalized spacial score (nSPS) is 29.6. The number of hydrogen-bond acceptors (Lipinski definition) is 3. The lowest BCUT2D eigenvalue weighted by Gasteiger charge is -2.37. The molecule has 0 amide bonds. The summed E-state index contributed by atoms with van der Waals surface area (Å²) in [6.07, 6.45) is 10.7. The summed E-state index contributed by atoms with van der Waals surface area (Å²) in [6, 6.07) is 0.623. The summed E-state index contributed by atoms with van der Waals surface area (Å²) in [5.74, 6) is 0. The first-order valence-electron chi connectivity index (χ1n) is 4.96. The quantitative estimate of drug-likeness (QED) is 0.612. The number of nitrogens with one attached hydrogen (secondary N) is 1. The van der Waals surface area contributed by atoms with Crippen molar-refractivity contribution >= 4 is 0 Å². The van der Waals surface area contributed by atoms with E-state index in [-0.39, 0.29) is 6.17 Å². The fourth-order valence-corrected chi connectivity index (χ4v) is 2.00. The zero-order chi connectivity index (χ0) is 9.10. The van der Waals surface area contributed by atoms with Crippen LogP contribution in [0.3, 0.4) is 0 Å². The maximum Gasteiger partial charge on any atom is 0.0962 e. The first-order chi connectivity index (χ1) is 6.38. The van der Waals surface area contributed by atoms with Crippen LogP contribution >= 0.6 is 0 Å². The van der Waals surface area contributed by atoms with Crippen molar-refractivity contribution in [3.63, 3.8) is 0 Å². The number of nitrogens with two attached hydrogens (primary N) is 1. The Morgan fingerprint density at radius 1 is 1.23 bits per heavy atom. The van der Waals surface area contributed by atoms with Gasteiger partial charge in [0.05, 0.1) is 6.17 Å². The van der Waals surface area contributed by atoms with Gasteiger partial charge >= 0.3 is 0 Å². The van der Waals surface area contributed by atoms with Gasteiger partial charge in [-0.3, -0.25) is 0 Å². The minimum Gasteiger partial charge on any atom is -0.356 e. The molecule has 2 aliphatic heterocycles. The highest BCUT2D eigenvalue weighted by molar-refractivity contribution is 5.13. The molecular weight excluding hydrogens is 162 g/mol. The molecule has 1 fully saturated rings. The lowest BCUT2D eigenvalue weighted by Crippen LogP contribution is -2.48. The number of nitrogens with zero attached hydrogens (tertiary/aromatic N) is 1. The van der Waals surface area contributed by atoms with Crippen molar-refractivity contribution in [2.75, 3.05) is 13.1 Å². The molecule has 3 N–H and O–H groups in total. The van der Waals surface area contributed by atoms with Crippen molar-refractivity contribution in [2.24, 2.45) is 5.73 Å². The molecule has 1 saturated heterocycles. The van der Waals surface area contributed by atoms with Gasteiger partial charge in [-0.1, -0.05) is 6.08 Å². The van der Waals surface area contributed by atoms with Crippen molar-refractivity contribution in [1.29, 1.82) is 0 Å². The third-order valence-corrected chi connectivity index (χ3v) is 2.75. The van der Waals surface area contributed by atoms with Crippen LogP contribution in [-0.4, -0.2) is 30.2 Å². The Hall–Kier alpha value is -0.800. The molecule has 1 unspecified atom stereocenters. The molecule has 0 saturated carbocycles. The zero-order valence-electron chi connectivity index (χ0n) is 7.82. The van der Waals surface area contributed by atoms with E-state index in [1.807, 2.05) is 12.2 Å². The van der Waals surface area contributed by atoms with Crippen LogP contribution in [0.2, 0.25) is 0 Å². The van der Waals surface area contributed by atoms with Crippen LogP contribution in [0, 0.1) is 0 Å². The molecule has 0 radical (unpaired) electrons. The lowest BCUT2D eigenvalue weighted by molar-refractivity contribution is 0.194. The van der Waals surface area contributed by atoms with Gasteiger partial charge in [0.15, 0.2) is 0 Å². The molecule has 0 aromatic heterocycles. The van der Waals surface area contributed by atoms with Gasteiger partial charge in [-0.15, -0.1) is 0 Å². The molecule has 1 atom stereocenters. The second kappa shape index (κ2) is 3.94. The van der Waals surface area contributed by atoms with Crippen molar-refractivity contribution in [3.8, 4) is 0 Å². The first-order valence-corrected chi connectivity index (χ1v) is 4.96. The molecule has 72 valence electrons. The van der Waals surface area contributed by atoms with E-state index in [1.165, 1.54) is 12.8 Å². The Kier molecular flexibility index (Phi) is 2.66. The van der Waals surface area contributed by atoms with Crippen LogP contribution in [0.15, 0.2) is 24.4 Å². The summed E-state index contributed by atoms with van der Waals surface area (Å²) >= 11 is 0. The molecule has 2 rings (SSSR count). The number of hydrogen-bond donors (Lipinski definition) is 2. The first kappa shape index (κ1) is 8.78. The average molecular weight is 179 g/mol. The van der Waals surface area contributed by atoms with E-state index >= 15 is 0 Å². The summed E-state index contributed by atoms with van der Waals surface area (Å²) in [7, 11) is 0. The number of allylic oxidation sites excluding steroid dienone is 2. The Labute approximate surface area is 79.3 Å². The number of piperidine rings is 1. The van der Waals surface area contributed by atoms with Gasteiger partial charge in [0.2, 0.25) is 0 Å². The van der Waals surface area contributed by atoms with Crippen LogP contribution in [0.25, 0.3) is 0 Å². The standard InChI is InChI=1S/C10H17N3/c11-10-3-1-2-8-13(10)9-4-6-12-7-5-9/h1-3,8-10,12H,4-7,11H2. The van der Waals surface area contributed by atoms with E-state index in [0.717, 1.165) is 13.1 Å². The van der Waals surface area contributed by atoms with Crippen molar-refractivity contribution in [1.82, 2.24) is 10.2 Å². The highest BCUT2D eigenvalue weighted by atomic mass is 15.2. The molecule has 0 aromatic carbocycles. The zero-order valence-corrected chi connectivity index (χ0v) is 7.82. The largest absolute Gasteiger partial charge is 0.356 e. The predicted octanol–water partition coefficient (Wildman–Crippen LogP) is 0.409. The van der Waals surface area contributed by atoms with E-state index in [4.69, 9.17) is 5.73 Å². The highest BCUT2D eigenvalue weighted by Gasteiger charge is 2.22. The minimum atomic E-state index is 0.0769. The van der Waals surface area contributed by atoms with Crippen molar-refractivity contribution in [2.45, 2.75) is 25.0 Å². The van der Waals surface area contributed by atoms with Gasteiger partial charge < -0.3 is 16.0 Å². The van der Waals surface area contributed by atoms with Crippen LogP contribution in [0.5, 0.6) is 0 Å². The summed E-state index contributed by atoms with van der Waals surface area (Å²) in [5, 5.41) is 3.36. The van der Waals surface area contributed by atoms with Gasteiger partial charge in [-0.25, -0.2) is 0 Å². The van der Waals surface area contributed by atoms with Crippen LogP contribution in [0.1, 0.15) is 12.8 Å². The molecule has 13 heavy (non-hydrogen) atoms.